The van der Waals surface area contributed by atoms with Crippen LogP contribution in [0.4, 0.5) is 0 Å². The molecule has 4 nitrogen and oxygen atoms in total. The van der Waals surface area contributed by atoms with E-state index in [-0.39, 0.29) is 17.7 Å². The van der Waals surface area contributed by atoms with Crippen molar-refractivity contribution in [2.75, 3.05) is 6.54 Å². The molecule has 0 aromatic heterocycles. The van der Waals surface area contributed by atoms with Crippen LogP contribution < -0.4 is 10.6 Å². The lowest BCUT2D eigenvalue weighted by Crippen LogP contribution is -2.51. The number of amides is 2. The Morgan fingerprint density at radius 3 is 2.59 bits per heavy atom. The molecule has 2 fully saturated rings. The van der Waals surface area contributed by atoms with Crippen LogP contribution in [0.3, 0.4) is 0 Å². The molecule has 2 saturated heterocycles. The van der Waals surface area contributed by atoms with Crippen LogP contribution in [0.15, 0.2) is 30.3 Å². The van der Waals surface area contributed by atoms with E-state index in [1.54, 1.807) is 0 Å². The van der Waals surface area contributed by atoms with Crippen molar-refractivity contribution in [2.45, 2.75) is 24.3 Å². The second kappa shape index (κ2) is 3.58. The Hall–Kier alpha value is -1.84. The van der Waals surface area contributed by atoms with Gasteiger partial charge in [-0.05, 0) is 12.0 Å². The van der Waals surface area contributed by atoms with Gasteiger partial charge in [0.1, 0.15) is 5.54 Å². The van der Waals surface area contributed by atoms with Crippen molar-refractivity contribution in [3.63, 3.8) is 0 Å². The van der Waals surface area contributed by atoms with Crippen molar-refractivity contribution in [3.05, 3.63) is 35.9 Å². The van der Waals surface area contributed by atoms with E-state index in [9.17, 15) is 9.59 Å². The molecule has 1 aromatic rings. The number of nitrogens with one attached hydrogen (secondary N) is 2. The van der Waals surface area contributed by atoms with Gasteiger partial charge in [-0.25, -0.2) is 0 Å². The molecule has 3 rings (SSSR count). The summed E-state index contributed by atoms with van der Waals surface area (Å²) in [5, 5.41) is 5.74. The zero-order valence-corrected chi connectivity index (χ0v) is 9.40. The molecule has 2 aliphatic rings. The maximum atomic E-state index is 12.0. The molecule has 2 heterocycles. The summed E-state index contributed by atoms with van der Waals surface area (Å²) in [6.07, 6.45) is 1.04. The molecule has 88 valence electrons. The average molecular weight is 230 g/mol. The van der Waals surface area contributed by atoms with Gasteiger partial charge < -0.3 is 10.6 Å². The maximum Gasteiger partial charge on any atom is 0.246 e. The monoisotopic (exact) mass is 230 g/mol. The Morgan fingerprint density at radius 1 is 1.18 bits per heavy atom. The van der Waals surface area contributed by atoms with Crippen molar-refractivity contribution in [2.24, 2.45) is 0 Å². The zero-order valence-electron chi connectivity index (χ0n) is 9.40. The molecule has 0 radical (unpaired) electrons. The van der Waals surface area contributed by atoms with E-state index < -0.39 is 5.54 Å². The molecule has 17 heavy (non-hydrogen) atoms. The van der Waals surface area contributed by atoms with Crippen molar-refractivity contribution in [1.82, 2.24) is 10.6 Å². The summed E-state index contributed by atoms with van der Waals surface area (Å²) in [5.41, 5.74) is 0.395. The van der Waals surface area contributed by atoms with Gasteiger partial charge in [-0.1, -0.05) is 30.3 Å². The van der Waals surface area contributed by atoms with Crippen LogP contribution in [0, 0.1) is 0 Å². The molecule has 2 amide bonds. The van der Waals surface area contributed by atoms with Gasteiger partial charge >= 0.3 is 0 Å². The van der Waals surface area contributed by atoms with Crippen LogP contribution in [0.1, 0.15) is 24.3 Å². The van der Waals surface area contributed by atoms with Crippen LogP contribution >= 0.6 is 0 Å². The van der Waals surface area contributed by atoms with E-state index in [0.29, 0.717) is 19.4 Å². The molecular formula is C13H14N2O2. The molecule has 4 heteroatoms. The van der Waals surface area contributed by atoms with E-state index in [2.05, 4.69) is 10.6 Å². The summed E-state index contributed by atoms with van der Waals surface area (Å²) in [6, 6.07) is 9.90. The fourth-order valence-electron chi connectivity index (χ4n) is 2.89. The standard InChI is InChI=1S/C13H14N2O2/c16-11-6-7-13(15-11)10(8-14-12(13)17)9-4-2-1-3-5-9/h1-5,10H,6-8H2,(H,14,17)(H,15,16)/t10-,13+/m1/s1. The molecule has 2 N–H and O–H groups in total. The van der Waals surface area contributed by atoms with Crippen molar-refractivity contribution >= 4 is 11.8 Å². The molecule has 1 spiro atoms. The first kappa shape index (κ1) is 10.3. The minimum atomic E-state index is -0.710. The number of benzene rings is 1. The largest absolute Gasteiger partial charge is 0.353 e. The van der Waals surface area contributed by atoms with E-state index in [0.717, 1.165) is 5.56 Å². The minimum Gasteiger partial charge on any atom is -0.353 e. The summed E-state index contributed by atoms with van der Waals surface area (Å²) in [4.78, 5) is 23.4. The molecule has 0 unspecified atom stereocenters. The van der Waals surface area contributed by atoms with Crippen LogP contribution in [0.5, 0.6) is 0 Å². The third-order valence-electron chi connectivity index (χ3n) is 3.78. The van der Waals surface area contributed by atoms with E-state index in [1.165, 1.54) is 0 Å². The van der Waals surface area contributed by atoms with Gasteiger partial charge in [-0.2, -0.15) is 0 Å². The highest BCUT2D eigenvalue weighted by atomic mass is 16.2. The number of hydrogen-bond acceptors (Lipinski definition) is 2. The molecule has 0 saturated carbocycles. The van der Waals surface area contributed by atoms with Gasteiger partial charge in [0.05, 0.1) is 0 Å². The lowest BCUT2D eigenvalue weighted by atomic mass is 9.80. The Morgan fingerprint density at radius 2 is 1.94 bits per heavy atom. The number of rotatable bonds is 1. The summed E-state index contributed by atoms with van der Waals surface area (Å²) >= 11 is 0. The quantitative estimate of drug-likeness (QED) is 0.740. The first-order valence-corrected chi connectivity index (χ1v) is 5.87. The summed E-state index contributed by atoms with van der Waals surface area (Å²) < 4.78 is 0. The van der Waals surface area contributed by atoms with E-state index in [4.69, 9.17) is 0 Å². The minimum absolute atomic E-state index is 0.0250. The molecular weight excluding hydrogens is 216 g/mol. The van der Waals surface area contributed by atoms with Gasteiger partial charge in [0, 0.05) is 18.9 Å². The first-order chi connectivity index (χ1) is 8.22. The van der Waals surface area contributed by atoms with Gasteiger partial charge in [0.2, 0.25) is 11.8 Å². The predicted octanol–water partition coefficient (Wildman–Crippen LogP) is 0.549. The molecule has 1 aromatic carbocycles. The third kappa shape index (κ3) is 1.44. The number of hydrogen-bond donors (Lipinski definition) is 2. The SMILES string of the molecule is O=C1CC[C@@]2(N1)C(=O)NC[C@@H]2c1ccccc1. The molecule has 0 aliphatic carbocycles. The van der Waals surface area contributed by atoms with Crippen LogP contribution in [0.25, 0.3) is 0 Å². The second-order valence-corrected chi connectivity index (χ2v) is 4.69. The average Bonchev–Trinajstić information content (AvgIpc) is 2.87. The highest BCUT2D eigenvalue weighted by Crippen LogP contribution is 2.38. The fraction of sp³-hybridized carbons (Fsp3) is 0.385. The van der Waals surface area contributed by atoms with Gasteiger partial charge in [-0.3, -0.25) is 9.59 Å². The zero-order chi connectivity index (χ0) is 11.9. The highest BCUT2D eigenvalue weighted by molar-refractivity contribution is 5.97. The fourth-order valence-corrected chi connectivity index (χ4v) is 2.89. The summed E-state index contributed by atoms with van der Waals surface area (Å²) in [5.74, 6) is -0.0252. The van der Waals surface area contributed by atoms with Crippen LogP contribution in [-0.4, -0.2) is 23.9 Å². The Bertz CT molecular complexity index is 472. The molecule has 0 bridgehead atoms. The predicted molar refractivity (Wildman–Crippen MR) is 62.3 cm³/mol. The van der Waals surface area contributed by atoms with Crippen LogP contribution in [-0.2, 0) is 9.59 Å². The molecule has 2 aliphatic heterocycles. The first-order valence-electron chi connectivity index (χ1n) is 5.87. The van der Waals surface area contributed by atoms with Gasteiger partial charge in [0.25, 0.3) is 0 Å². The van der Waals surface area contributed by atoms with Crippen molar-refractivity contribution in [1.29, 1.82) is 0 Å². The second-order valence-electron chi connectivity index (χ2n) is 4.69. The van der Waals surface area contributed by atoms with Gasteiger partial charge in [-0.15, -0.1) is 0 Å². The van der Waals surface area contributed by atoms with Crippen molar-refractivity contribution in [3.8, 4) is 0 Å². The maximum absolute atomic E-state index is 12.0. The molecule has 2 atom stereocenters. The topological polar surface area (TPSA) is 58.2 Å². The lowest BCUT2D eigenvalue weighted by molar-refractivity contribution is -0.127. The Balaban J connectivity index is 2.00. The lowest BCUT2D eigenvalue weighted by Gasteiger charge is -2.27. The summed E-state index contributed by atoms with van der Waals surface area (Å²) in [6.45, 7) is 0.600. The van der Waals surface area contributed by atoms with Crippen molar-refractivity contribution < 1.29 is 9.59 Å². The van der Waals surface area contributed by atoms with E-state index in [1.807, 2.05) is 30.3 Å². The number of carbonyl (C=O) groups is 2. The van der Waals surface area contributed by atoms with E-state index >= 15 is 0 Å². The normalized spacial score (nSPS) is 31.6. The Kier molecular flexibility index (Phi) is 2.18. The smallest absolute Gasteiger partial charge is 0.246 e. The summed E-state index contributed by atoms with van der Waals surface area (Å²) in [7, 11) is 0. The van der Waals surface area contributed by atoms with Crippen LogP contribution in [0.2, 0.25) is 0 Å². The third-order valence-corrected chi connectivity index (χ3v) is 3.78. The Labute approximate surface area is 99.4 Å². The van der Waals surface area contributed by atoms with Gasteiger partial charge in [0.15, 0.2) is 0 Å². The number of carbonyl (C=O) groups excluding carboxylic acids is 2. The highest BCUT2D eigenvalue weighted by Gasteiger charge is 2.54.